The molecule has 0 aromatic heterocycles. The largest absolute Gasteiger partial charge is 0.373 e. The third-order valence-corrected chi connectivity index (χ3v) is 3.21. The van der Waals surface area contributed by atoms with E-state index in [0.29, 0.717) is 12.5 Å². The molecule has 19 heavy (non-hydrogen) atoms. The number of hydrogen-bond donors (Lipinski definition) is 0. The average Bonchev–Trinajstić information content (AvgIpc) is 2.16. The van der Waals surface area contributed by atoms with E-state index in [2.05, 4.69) is 55.4 Å². The summed E-state index contributed by atoms with van der Waals surface area (Å²) in [6.45, 7) is 17.5. The molecule has 4 atom stereocenters. The van der Waals surface area contributed by atoms with Crippen LogP contribution in [0.1, 0.15) is 61.8 Å². The van der Waals surface area contributed by atoms with Crippen molar-refractivity contribution < 1.29 is 14.2 Å². The van der Waals surface area contributed by atoms with Gasteiger partial charge in [0.2, 0.25) is 0 Å². The van der Waals surface area contributed by atoms with Crippen LogP contribution in [0.4, 0.5) is 0 Å². The lowest BCUT2D eigenvalue weighted by Gasteiger charge is -2.43. The summed E-state index contributed by atoms with van der Waals surface area (Å²) in [6, 6.07) is 0. The second-order valence-corrected chi connectivity index (χ2v) is 7.82. The first-order chi connectivity index (χ1) is 8.48. The van der Waals surface area contributed by atoms with Crippen LogP contribution >= 0.6 is 0 Å². The van der Waals surface area contributed by atoms with Gasteiger partial charge in [-0.3, -0.25) is 0 Å². The van der Waals surface area contributed by atoms with Crippen molar-refractivity contribution in [1.82, 2.24) is 0 Å². The van der Waals surface area contributed by atoms with Crippen molar-refractivity contribution in [3.8, 4) is 0 Å². The van der Waals surface area contributed by atoms with Crippen molar-refractivity contribution >= 4 is 0 Å². The van der Waals surface area contributed by atoms with Crippen molar-refractivity contribution in [2.75, 3.05) is 6.61 Å². The molecular weight excluding hydrogens is 240 g/mol. The fourth-order valence-electron chi connectivity index (χ4n) is 2.52. The molecular formula is C16H32O3. The minimum absolute atomic E-state index is 0.0252. The SMILES string of the molecule is CC1C[C@H](C)[C@@H](OC(C)(C)C)[C@@H](COC(C)(C)C)O1. The number of ether oxygens (including phenoxy) is 3. The molecule has 0 amide bonds. The molecule has 114 valence electrons. The fraction of sp³-hybridized carbons (Fsp3) is 1.00. The number of rotatable bonds is 3. The molecule has 0 aromatic carbocycles. The molecule has 0 N–H and O–H groups in total. The van der Waals surface area contributed by atoms with Gasteiger partial charge in [-0.1, -0.05) is 6.92 Å². The van der Waals surface area contributed by atoms with E-state index in [-0.39, 0.29) is 29.5 Å². The first-order valence-electron chi connectivity index (χ1n) is 7.45. The van der Waals surface area contributed by atoms with Crippen LogP contribution < -0.4 is 0 Å². The Morgan fingerprint density at radius 2 is 1.58 bits per heavy atom. The zero-order chi connectivity index (χ0) is 14.8. The zero-order valence-electron chi connectivity index (χ0n) is 13.9. The zero-order valence-corrected chi connectivity index (χ0v) is 13.9. The van der Waals surface area contributed by atoms with Crippen molar-refractivity contribution in [3.05, 3.63) is 0 Å². The summed E-state index contributed by atoms with van der Waals surface area (Å²) in [5.41, 5.74) is -0.289. The van der Waals surface area contributed by atoms with Crippen LogP contribution in [-0.2, 0) is 14.2 Å². The molecule has 0 saturated carbocycles. The molecule has 0 bridgehead atoms. The van der Waals surface area contributed by atoms with Crippen molar-refractivity contribution in [2.24, 2.45) is 5.92 Å². The molecule has 1 aliphatic rings. The van der Waals surface area contributed by atoms with E-state index in [1.807, 2.05) is 0 Å². The van der Waals surface area contributed by atoms with Gasteiger partial charge < -0.3 is 14.2 Å². The summed E-state index contributed by atoms with van der Waals surface area (Å²) >= 11 is 0. The lowest BCUT2D eigenvalue weighted by atomic mass is 9.90. The minimum atomic E-state index is -0.150. The Balaban J connectivity index is 2.70. The van der Waals surface area contributed by atoms with Gasteiger partial charge in [-0.15, -0.1) is 0 Å². The molecule has 0 aromatic rings. The third-order valence-electron chi connectivity index (χ3n) is 3.21. The molecule has 3 heteroatoms. The Morgan fingerprint density at radius 3 is 2.05 bits per heavy atom. The van der Waals surface area contributed by atoms with E-state index in [9.17, 15) is 0 Å². The smallest absolute Gasteiger partial charge is 0.108 e. The summed E-state index contributed by atoms with van der Waals surface area (Å²) in [7, 11) is 0. The van der Waals surface area contributed by atoms with E-state index >= 15 is 0 Å². The van der Waals surface area contributed by atoms with E-state index < -0.39 is 0 Å². The highest BCUT2D eigenvalue weighted by molar-refractivity contribution is 4.85. The van der Waals surface area contributed by atoms with Gasteiger partial charge in [-0.05, 0) is 60.8 Å². The summed E-state index contributed by atoms with van der Waals surface area (Å²) < 4.78 is 18.2. The molecule has 0 spiro atoms. The van der Waals surface area contributed by atoms with Crippen LogP contribution in [0.3, 0.4) is 0 Å². The lowest BCUT2D eigenvalue weighted by molar-refractivity contribution is -0.214. The van der Waals surface area contributed by atoms with Crippen LogP contribution in [0.25, 0.3) is 0 Å². The van der Waals surface area contributed by atoms with Gasteiger partial charge in [0.25, 0.3) is 0 Å². The first-order valence-corrected chi connectivity index (χ1v) is 7.45. The first kappa shape index (κ1) is 16.9. The van der Waals surface area contributed by atoms with E-state index in [1.54, 1.807) is 0 Å². The Labute approximate surface area is 119 Å². The second kappa shape index (κ2) is 6.11. The van der Waals surface area contributed by atoms with E-state index in [1.165, 1.54) is 0 Å². The Kier molecular flexibility index (Phi) is 5.44. The highest BCUT2D eigenvalue weighted by atomic mass is 16.6. The summed E-state index contributed by atoms with van der Waals surface area (Å²) in [5, 5.41) is 0. The molecule has 1 fully saturated rings. The van der Waals surface area contributed by atoms with Gasteiger partial charge in [-0.25, -0.2) is 0 Å². The Bertz CT molecular complexity index is 275. The summed E-state index contributed by atoms with van der Waals surface area (Å²) in [5.74, 6) is 0.497. The van der Waals surface area contributed by atoms with Crippen LogP contribution in [0.5, 0.6) is 0 Å². The standard InChI is InChI=1S/C16H32O3/c1-11-9-12(2)18-13(10-17-15(3,4)5)14(11)19-16(6,7)8/h11-14H,9-10H2,1-8H3/t11-,12?,13+,14+/m0/s1. The van der Waals surface area contributed by atoms with Crippen LogP contribution in [0.2, 0.25) is 0 Å². The van der Waals surface area contributed by atoms with Crippen LogP contribution in [0.15, 0.2) is 0 Å². The van der Waals surface area contributed by atoms with Gasteiger partial charge in [0.15, 0.2) is 0 Å². The predicted molar refractivity (Wildman–Crippen MR) is 78.4 cm³/mol. The topological polar surface area (TPSA) is 27.7 Å². The molecule has 1 saturated heterocycles. The van der Waals surface area contributed by atoms with Crippen molar-refractivity contribution in [2.45, 2.75) is 91.3 Å². The van der Waals surface area contributed by atoms with Gasteiger partial charge >= 0.3 is 0 Å². The normalized spacial score (nSPS) is 33.5. The third kappa shape index (κ3) is 6.24. The Morgan fingerprint density at radius 1 is 1.00 bits per heavy atom. The maximum Gasteiger partial charge on any atom is 0.108 e. The van der Waals surface area contributed by atoms with Gasteiger partial charge in [0, 0.05) is 0 Å². The van der Waals surface area contributed by atoms with Crippen molar-refractivity contribution in [1.29, 1.82) is 0 Å². The van der Waals surface area contributed by atoms with Gasteiger partial charge in [-0.2, -0.15) is 0 Å². The maximum absolute atomic E-state index is 6.21. The molecule has 1 heterocycles. The highest BCUT2D eigenvalue weighted by Crippen LogP contribution is 2.31. The average molecular weight is 272 g/mol. The Hall–Kier alpha value is -0.120. The molecule has 1 rings (SSSR count). The lowest BCUT2D eigenvalue weighted by Crippen LogP contribution is -2.50. The minimum Gasteiger partial charge on any atom is -0.373 e. The number of hydrogen-bond acceptors (Lipinski definition) is 3. The summed E-state index contributed by atoms with van der Waals surface area (Å²) in [6.07, 6.45) is 1.46. The van der Waals surface area contributed by atoms with Gasteiger partial charge in [0.1, 0.15) is 6.10 Å². The predicted octanol–water partition coefficient (Wildman–Crippen LogP) is 3.80. The van der Waals surface area contributed by atoms with E-state index in [4.69, 9.17) is 14.2 Å². The quantitative estimate of drug-likeness (QED) is 0.782. The van der Waals surface area contributed by atoms with Crippen LogP contribution in [-0.4, -0.2) is 36.1 Å². The molecule has 1 unspecified atom stereocenters. The van der Waals surface area contributed by atoms with Crippen LogP contribution in [0, 0.1) is 5.92 Å². The van der Waals surface area contributed by atoms with Crippen molar-refractivity contribution in [3.63, 3.8) is 0 Å². The van der Waals surface area contributed by atoms with E-state index in [0.717, 1.165) is 6.42 Å². The summed E-state index contributed by atoms with van der Waals surface area (Å²) in [4.78, 5) is 0. The second-order valence-electron chi connectivity index (χ2n) is 7.82. The van der Waals surface area contributed by atoms with Gasteiger partial charge in [0.05, 0.1) is 30.0 Å². The highest BCUT2D eigenvalue weighted by Gasteiger charge is 2.38. The fourth-order valence-corrected chi connectivity index (χ4v) is 2.52. The molecule has 0 radical (unpaired) electrons. The molecule has 1 aliphatic heterocycles. The monoisotopic (exact) mass is 272 g/mol. The molecule has 0 aliphatic carbocycles. The molecule has 3 nitrogen and oxygen atoms in total. The maximum atomic E-state index is 6.21.